The van der Waals surface area contributed by atoms with Crippen LogP contribution in [-0.4, -0.2) is 36.9 Å². The first-order valence-corrected chi connectivity index (χ1v) is 11.6. The third kappa shape index (κ3) is 5.29. The van der Waals surface area contributed by atoms with Gasteiger partial charge in [0.25, 0.3) is 11.7 Å². The van der Waals surface area contributed by atoms with E-state index in [1.807, 2.05) is 6.92 Å². The molecule has 0 aromatic heterocycles. The van der Waals surface area contributed by atoms with Gasteiger partial charge in [0.2, 0.25) is 0 Å². The molecular formula is C28H24F3NO6. The molecule has 1 fully saturated rings. The van der Waals surface area contributed by atoms with E-state index in [9.17, 15) is 27.9 Å². The Morgan fingerprint density at radius 3 is 2.37 bits per heavy atom. The molecule has 3 aromatic rings. The summed E-state index contributed by atoms with van der Waals surface area (Å²) < 4.78 is 53.4. The number of nitrogens with zero attached hydrogens (tertiary/aromatic N) is 1. The van der Waals surface area contributed by atoms with Gasteiger partial charge in [-0.1, -0.05) is 18.2 Å². The van der Waals surface area contributed by atoms with Crippen LogP contribution >= 0.6 is 0 Å². The first-order valence-electron chi connectivity index (χ1n) is 11.6. The predicted octanol–water partition coefficient (Wildman–Crippen LogP) is 5.93. The van der Waals surface area contributed by atoms with E-state index < -0.39 is 35.6 Å². The molecule has 4 rings (SSSR count). The number of hydrogen-bond acceptors (Lipinski definition) is 6. The highest BCUT2D eigenvalue weighted by molar-refractivity contribution is 6.51. The van der Waals surface area contributed by atoms with E-state index in [-0.39, 0.29) is 16.8 Å². The number of methoxy groups -OCH3 is 1. The molecule has 0 spiro atoms. The quantitative estimate of drug-likeness (QED) is 0.233. The Hall–Kier alpha value is -4.47. The lowest BCUT2D eigenvalue weighted by Crippen LogP contribution is -2.29. The first kappa shape index (κ1) is 26.6. The number of benzene rings is 3. The summed E-state index contributed by atoms with van der Waals surface area (Å²) in [7, 11) is 1.44. The Balaban J connectivity index is 1.90. The number of ether oxygens (including phenoxy) is 3. The first-order chi connectivity index (χ1) is 18.0. The molecule has 3 aromatic carbocycles. The summed E-state index contributed by atoms with van der Waals surface area (Å²) in [5.74, 6) is -2.01. The molecule has 1 atom stereocenters. The number of aryl methyl sites for hydroxylation is 1. The molecule has 1 heterocycles. The number of anilines is 1. The van der Waals surface area contributed by atoms with Crippen molar-refractivity contribution in [2.45, 2.75) is 26.3 Å². The van der Waals surface area contributed by atoms with E-state index in [4.69, 9.17) is 9.47 Å². The minimum absolute atomic E-state index is 0.0244. The molecule has 1 saturated heterocycles. The van der Waals surface area contributed by atoms with Gasteiger partial charge >= 0.3 is 6.36 Å². The molecule has 0 bridgehead atoms. The maximum absolute atomic E-state index is 13.3. The van der Waals surface area contributed by atoms with Crippen molar-refractivity contribution >= 4 is 23.1 Å². The van der Waals surface area contributed by atoms with E-state index in [0.29, 0.717) is 29.2 Å². The molecule has 1 aliphatic rings. The van der Waals surface area contributed by atoms with Crippen LogP contribution < -0.4 is 19.1 Å². The van der Waals surface area contributed by atoms with Crippen LogP contribution in [0.2, 0.25) is 0 Å². The van der Waals surface area contributed by atoms with Crippen molar-refractivity contribution in [3.8, 4) is 17.2 Å². The number of Topliss-reactive ketones (excluding diaryl/α,β-unsaturated/α-hetero) is 1. The van der Waals surface area contributed by atoms with Crippen LogP contribution in [0.25, 0.3) is 5.76 Å². The summed E-state index contributed by atoms with van der Waals surface area (Å²) in [6.45, 7) is 4.04. The summed E-state index contributed by atoms with van der Waals surface area (Å²) in [6, 6.07) is 14.9. The number of rotatable bonds is 7. The van der Waals surface area contributed by atoms with E-state index in [2.05, 4.69) is 4.74 Å². The van der Waals surface area contributed by atoms with Gasteiger partial charge < -0.3 is 19.3 Å². The SMILES string of the molecule is CCOc1ccc(/C(O)=C2\C(=O)C(=O)N(c3cccc(OC(F)(F)F)c3)C2c2cccc(OC)c2)cc1C. The molecule has 1 N–H and O–H groups in total. The van der Waals surface area contributed by atoms with E-state index in [1.54, 1.807) is 49.4 Å². The molecule has 198 valence electrons. The average molecular weight is 527 g/mol. The number of halogens is 3. The van der Waals surface area contributed by atoms with Crippen LogP contribution in [0.5, 0.6) is 17.2 Å². The van der Waals surface area contributed by atoms with E-state index in [0.717, 1.165) is 17.0 Å². The van der Waals surface area contributed by atoms with Crippen LogP contribution in [0.3, 0.4) is 0 Å². The van der Waals surface area contributed by atoms with Crippen molar-refractivity contribution < 1.29 is 42.1 Å². The maximum atomic E-state index is 13.3. The third-order valence-electron chi connectivity index (χ3n) is 5.93. The Bertz CT molecular complexity index is 1420. The van der Waals surface area contributed by atoms with Crippen molar-refractivity contribution in [2.24, 2.45) is 0 Å². The number of carbonyl (C=O) groups excluding carboxylic acids is 2. The zero-order valence-electron chi connectivity index (χ0n) is 20.7. The number of ketones is 1. The summed E-state index contributed by atoms with van der Waals surface area (Å²) in [6.07, 6.45) is -4.95. The molecule has 10 heteroatoms. The van der Waals surface area contributed by atoms with Gasteiger partial charge in [-0.15, -0.1) is 13.2 Å². The Kier molecular flexibility index (Phi) is 7.34. The van der Waals surface area contributed by atoms with E-state index in [1.165, 1.54) is 19.2 Å². The standard InChI is InChI=1S/C28H24F3NO6/c1-4-37-22-12-11-18(13-16(22)2)25(33)23-24(17-7-5-9-20(14-17)36-3)32(27(35)26(23)34)19-8-6-10-21(15-19)38-28(29,30)31/h5-15,24,33H,4H2,1-3H3/b25-23+. The zero-order chi connectivity index (χ0) is 27.6. The summed E-state index contributed by atoms with van der Waals surface area (Å²) in [4.78, 5) is 27.7. The molecule has 1 unspecified atom stereocenters. The van der Waals surface area contributed by atoms with Gasteiger partial charge in [-0.3, -0.25) is 14.5 Å². The van der Waals surface area contributed by atoms with E-state index >= 15 is 0 Å². The maximum Gasteiger partial charge on any atom is 0.573 e. The largest absolute Gasteiger partial charge is 0.573 e. The van der Waals surface area contributed by atoms with Crippen molar-refractivity contribution in [1.82, 2.24) is 0 Å². The van der Waals surface area contributed by atoms with Gasteiger partial charge in [0.05, 0.1) is 25.3 Å². The lowest BCUT2D eigenvalue weighted by atomic mass is 9.94. The molecule has 1 aliphatic heterocycles. The van der Waals surface area contributed by atoms with Crippen molar-refractivity contribution in [1.29, 1.82) is 0 Å². The van der Waals surface area contributed by atoms with Crippen molar-refractivity contribution in [3.05, 3.63) is 89.0 Å². The summed E-state index contributed by atoms with van der Waals surface area (Å²) in [5, 5.41) is 11.3. The van der Waals surface area contributed by atoms with Gasteiger partial charge in [-0.2, -0.15) is 0 Å². The van der Waals surface area contributed by atoms with Gasteiger partial charge in [0, 0.05) is 17.3 Å². The van der Waals surface area contributed by atoms with Crippen LogP contribution in [0, 0.1) is 6.92 Å². The number of hydrogen-bond donors (Lipinski definition) is 1. The van der Waals surface area contributed by atoms with Gasteiger partial charge in [0.1, 0.15) is 23.0 Å². The highest BCUT2D eigenvalue weighted by Crippen LogP contribution is 2.44. The van der Waals surface area contributed by atoms with Gasteiger partial charge in [-0.05, 0) is 67.4 Å². The predicted molar refractivity (Wildman–Crippen MR) is 133 cm³/mol. The second-order valence-electron chi connectivity index (χ2n) is 8.40. The van der Waals surface area contributed by atoms with Gasteiger partial charge in [0.15, 0.2) is 0 Å². The second-order valence-corrected chi connectivity index (χ2v) is 8.40. The minimum atomic E-state index is -4.95. The Morgan fingerprint density at radius 1 is 1.00 bits per heavy atom. The average Bonchev–Trinajstić information content (AvgIpc) is 3.14. The highest BCUT2D eigenvalue weighted by Gasteiger charge is 2.47. The number of alkyl halides is 3. The smallest absolute Gasteiger partial charge is 0.507 e. The fraction of sp³-hybridized carbons (Fsp3) is 0.214. The van der Waals surface area contributed by atoms with Crippen LogP contribution in [0.1, 0.15) is 29.7 Å². The Labute approximate surface area is 216 Å². The third-order valence-corrected chi connectivity index (χ3v) is 5.93. The second kappa shape index (κ2) is 10.5. The van der Waals surface area contributed by atoms with Crippen LogP contribution in [0.15, 0.2) is 72.3 Å². The van der Waals surface area contributed by atoms with Crippen LogP contribution in [0.4, 0.5) is 18.9 Å². The summed E-state index contributed by atoms with van der Waals surface area (Å²) in [5.41, 5.74) is 1.11. The molecule has 7 nitrogen and oxygen atoms in total. The molecule has 38 heavy (non-hydrogen) atoms. The molecule has 0 aliphatic carbocycles. The molecule has 1 amide bonds. The molecule has 0 radical (unpaired) electrons. The Morgan fingerprint density at radius 2 is 1.71 bits per heavy atom. The minimum Gasteiger partial charge on any atom is -0.507 e. The number of aliphatic hydroxyl groups is 1. The van der Waals surface area contributed by atoms with Gasteiger partial charge in [-0.25, -0.2) is 0 Å². The van der Waals surface area contributed by atoms with Crippen LogP contribution in [-0.2, 0) is 9.59 Å². The summed E-state index contributed by atoms with van der Waals surface area (Å²) >= 11 is 0. The highest BCUT2D eigenvalue weighted by atomic mass is 19.4. The molecular weight excluding hydrogens is 503 g/mol. The number of amides is 1. The number of aliphatic hydroxyl groups excluding tert-OH is 1. The zero-order valence-corrected chi connectivity index (χ0v) is 20.7. The lowest BCUT2D eigenvalue weighted by molar-refractivity contribution is -0.274. The monoisotopic (exact) mass is 527 g/mol. The lowest BCUT2D eigenvalue weighted by Gasteiger charge is -2.26. The normalized spacial score (nSPS) is 17.0. The molecule has 0 saturated carbocycles. The fourth-order valence-electron chi connectivity index (χ4n) is 4.33. The van der Waals surface area contributed by atoms with Crippen molar-refractivity contribution in [2.75, 3.05) is 18.6 Å². The van der Waals surface area contributed by atoms with Crippen molar-refractivity contribution in [3.63, 3.8) is 0 Å². The topological polar surface area (TPSA) is 85.3 Å². The number of carbonyl (C=O) groups is 2. The fourth-order valence-corrected chi connectivity index (χ4v) is 4.33.